The molecule has 2 rings (SSSR count). The molecule has 0 saturated heterocycles. The number of hydrogen-bond donors (Lipinski definition) is 2. The molecule has 2 amide bonds. The van der Waals surface area contributed by atoms with Gasteiger partial charge in [0.15, 0.2) is 6.61 Å². The van der Waals surface area contributed by atoms with Gasteiger partial charge < -0.3 is 15.4 Å². The van der Waals surface area contributed by atoms with Gasteiger partial charge in [-0.15, -0.1) is 0 Å². The van der Waals surface area contributed by atoms with Crippen LogP contribution < -0.4 is 10.6 Å². The van der Waals surface area contributed by atoms with Crippen molar-refractivity contribution in [2.24, 2.45) is 0 Å². The van der Waals surface area contributed by atoms with Gasteiger partial charge in [0.05, 0.1) is 5.56 Å². The summed E-state index contributed by atoms with van der Waals surface area (Å²) in [7, 11) is 1.52. The Kier molecular flexibility index (Phi) is 6.08. The molecule has 2 N–H and O–H groups in total. The van der Waals surface area contributed by atoms with E-state index in [0.717, 1.165) is 0 Å². The summed E-state index contributed by atoms with van der Waals surface area (Å²) < 4.78 is 5.57. The number of carbonyl (C=O) groups excluding carboxylic acids is 3. The van der Waals surface area contributed by atoms with Gasteiger partial charge in [0.1, 0.15) is 0 Å². The molecule has 0 bridgehead atoms. The molecule has 0 aliphatic rings. The molecule has 7 heteroatoms. The number of ether oxygens (including phenoxy) is 1. The zero-order valence-electron chi connectivity index (χ0n) is 12.8. The fourth-order valence-corrected chi connectivity index (χ4v) is 2.36. The van der Waals surface area contributed by atoms with Crippen molar-refractivity contribution < 1.29 is 19.1 Å². The van der Waals surface area contributed by atoms with Crippen molar-refractivity contribution in [3.05, 3.63) is 64.1 Å². The van der Waals surface area contributed by atoms with Crippen LogP contribution in [0.15, 0.2) is 53.0 Å². The number of esters is 1. The second kappa shape index (κ2) is 8.26. The average molecular weight is 391 g/mol. The number of carbonyl (C=O) groups is 3. The SMILES string of the molecule is CNC(=O)c1cccc(NC(=O)COC(=O)c2ccccc2Br)c1. The van der Waals surface area contributed by atoms with Gasteiger partial charge in [-0.25, -0.2) is 4.79 Å². The molecule has 0 aliphatic carbocycles. The van der Waals surface area contributed by atoms with Gasteiger partial charge in [0.25, 0.3) is 11.8 Å². The first kappa shape index (κ1) is 17.7. The van der Waals surface area contributed by atoms with E-state index < -0.39 is 18.5 Å². The fraction of sp³-hybridized carbons (Fsp3) is 0.118. The molecule has 0 saturated carbocycles. The molecular weight excluding hydrogens is 376 g/mol. The number of amides is 2. The number of rotatable bonds is 5. The molecule has 124 valence electrons. The lowest BCUT2D eigenvalue weighted by atomic mass is 10.2. The predicted octanol–water partition coefficient (Wildman–Crippen LogP) is 2.60. The third-order valence-corrected chi connectivity index (χ3v) is 3.76. The Morgan fingerprint density at radius 2 is 1.83 bits per heavy atom. The highest BCUT2D eigenvalue weighted by molar-refractivity contribution is 9.10. The van der Waals surface area contributed by atoms with E-state index in [2.05, 4.69) is 26.6 Å². The van der Waals surface area contributed by atoms with Crippen LogP contribution in [-0.2, 0) is 9.53 Å². The summed E-state index contributed by atoms with van der Waals surface area (Å²) >= 11 is 3.25. The second-order valence-corrected chi connectivity index (χ2v) is 5.62. The summed E-state index contributed by atoms with van der Waals surface area (Å²) in [5.41, 5.74) is 1.20. The Hall–Kier alpha value is -2.67. The summed E-state index contributed by atoms with van der Waals surface area (Å²) in [5.74, 6) is -1.35. The average Bonchev–Trinajstić information content (AvgIpc) is 2.59. The maximum Gasteiger partial charge on any atom is 0.339 e. The minimum Gasteiger partial charge on any atom is -0.452 e. The van der Waals surface area contributed by atoms with E-state index in [9.17, 15) is 14.4 Å². The Morgan fingerprint density at radius 3 is 2.54 bits per heavy atom. The van der Waals surface area contributed by atoms with Crippen LogP contribution in [0.25, 0.3) is 0 Å². The number of hydrogen-bond acceptors (Lipinski definition) is 4. The van der Waals surface area contributed by atoms with Crippen LogP contribution in [0.5, 0.6) is 0 Å². The van der Waals surface area contributed by atoms with Crippen LogP contribution in [0.4, 0.5) is 5.69 Å². The first-order chi connectivity index (χ1) is 11.5. The molecule has 2 aromatic carbocycles. The lowest BCUT2D eigenvalue weighted by Crippen LogP contribution is -2.22. The van der Waals surface area contributed by atoms with Gasteiger partial charge in [-0.05, 0) is 46.3 Å². The van der Waals surface area contributed by atoms with Crippen molar-refractivity contribution in [3.63, 3.8) is 0 Å². The van der Waals surface area contributed by atoms with Crippen molar-refractivity contribution in [2.45, 2.75) is 0 Å². The van der Waals surface area contributed by atoms with Crippen LogP contribution in [0.1, 0.15) is 20.7 Å². The zero-order valence-corrected chi connectivity index (χ0v) is 14.4. The standard InChI is InChI=1S/C17H15BrN2O4/c1-19-16(22)11-5-4-6-12(9-11)20-15(21)10-24-17(23)13-7-2-3-8-14(13)18/h2-9H,10H2,1H3,(H,19,22)(H,20,21). The number of halogens is 1. The van der Waals surface area contributed by atoms with E-state index in [1.54, 1.807) is 42.5 Å². The highest BCUT2D eigenvalue weighted by Crippen LogP contribution is 2.17. The van der Waals surface area contributed by atoms with E-state index in [1.807, 2.05) is 0 Å². The second-order valence-electron chi connectivity index (χ2n) is 4.76. The normalized spacial score (nSPS) is 9.92. The summed E-state index contributed by atoms with van der Waals surface area (Å²) in [4.78, 5) is 35.4. The van der Waals surface area contributed by atoms with Gasteiger partial charge in [-0.3, -0.25) is 9.59 Å². The monoisotopic (exact) mass is 390 g/mol. The van der Waals surface area contributed by atoms with E-state index in [1.165, 1.54) is 13.1 Å². The molecule has 0 spiro atoms. The molecular formula is C17H15BrN2O4. The van der Waals surface area contributed by atoms with Gasteiger partial charge in [-0.1, -0.05) is 18.2 Å². The third-order valence-electron chi connectivity index (χ3n) is 3.06. The highest BCUT2D eigenvalue weighted by Gasteiger charge is 2.13. The number of nitrogens with one attached hydrogen (secondary N) is 2. The minimum absolute atomic E-state index is 0.258. The first-order valence-corrected chi connectivity index (χ1v) is 7.84. The van der Waals surface area contributed by atoms with Gasteiger partial charge in [0.2, 0.25) is 0 Å². The lowest BCUT2D eigenvalue weighted by molar-refractivity contribution is -0.119. The molecule has 0 heterocycles. The first-order valence-electron chi connectivity index (χ1n) is 7.05. The van der Waals surface area contributed by atoms with Crippen molar-refractivity contribution in [1.82, 2.24) is 5.32 Å². The van der Waals surface area contributed by atoms with Crippen LogP contribution in [0, 0.1) is 0 Å². The van der Waals surface area contributed by atoms with Gasteiger partial charge >= 0.3 is 5.97 Å². The van der Waals surface area contributed by atoms with Crippen LogP contribution >= 0.6 is 15.9 Å². The predicted molar refractivity (Wildman–Crippen MR) is 92.9 cm³/mol. The fourth-order valence-electron chi connectivity index (χ4n) is 1.92. The quantitative estimate of drug-likeness (QED) is 0.768. The molecule has 0 unspecified atom stereocenters. The van der Waals surface area contributed by atoms with Crippen molar-refractivity contribution >= 4 is 39.4 Å². The maximum atomic E-state index is 11.9. The van der Waals surface area contributed by atoms with Crippen molar-refractivity contribution in [2.75, 3.05) is 19.0 Å². The molecule has 0 aromatic heterocycles. The smallest absolute Gasteiger partial charge is 0.339 e. The van der Waals surface area contributed by atoms with Crippen LogP contribution in [0.2, 0.25) is 0 Å². The lowest BCUT2D eigenvalue weighted by Gasteiger charge is -2.08. The molecule has 0 aliphatic heterocycles. The Morgan fingerprint density at radius 1 is 1.08 bits per heavy atom. The summed E-state index contributed by atoms with van der Waals surface area (Å²) in [6.07, 6.45) is 0. The Labute approximate surface area is 147 Å². The van der Waals surface area contributed by atoms with E-state index in [0.29, 0.717) is 21.3 Å². The molecule has 0 atom stereocenters. The molecule has 24 heavy (non-hydrogen) atoms. The van der Waals surface area contributed by atoms with Gasteiger partial charge in [-0.2, -0.15) is 0 Å². The summed E-state index contributed by atoms with van der Waals surface area (Å²) in [6, 6.07) is 13.2. The molecule has 0 radical (unpaired) electrons. The van der Waals surface area contributed by atoms with Gasteiger partial charge in [0, 0.05) is 22.8 Å². The van der Waals surface area contributed by atoms with E-state index >= 15 is 0 Å². The summed E-state index contributed by atoms with van der Waals surface area (Å²) in [6.45, 7) is -0.426. The van der Waals surface area contributed by atoms with Crippen molar-refractivity contribution in [1.29, 1.82) is 0 Å². The third kappa shape index (κ3) is 4.66. The highest BCUT2D eigenvalue weighted by atomic mass is 79.9. The number of benzene rings is 2. The van der Waals surface area contributed by atoms with Crippen LogP contribution in [-0.4, -0.2) is 31.4 Å². The summed E-state index contributed by atoms with van der Waals surface area (Å²) in [5, 5.41) is 5.07. The van der Waals surface area contributed by atoms with E-state index in [-0.39, 0.29) is 5.91 Å². The number of anilines is 1. The van der Waals surface area contributed by atoms with E-state index in [4.69, 9.17) is 4.74 Å². The molecule has 0 fully saturated rings. The van der Waals surface area contributed by atoms with Crippen LogP contribution in [0.3, 0.4) is 0 Å². The largest absolute Gasteiger partial charge is 0.452 e. The Balaban J connectivity index is 1.93. The zero-order chi connectivity index (χ0) is 17.5. The molecule has 6 nitrogen and oxygen atoms in total. The van der Waals surface area contributed by atoms with Crippen molar-refractivity contribution in [3.8, 4) is 0 Å². The molecule has 2 aromatic rings. The maximum absolute atomic E-state index is 11.9. The minimum atomic E-state index is -0.600. The Bertz CT molecular complexity index is 777. The topological polar surface area (TPSA) is 84.5 Å².